The molecule has 0 spiro atoms. The van der Waals surface area contributed by atoms with E-state index in [-0.39, 0.29) is 0 Å². The van der Waals surface area contributed by atoms with Crippen molar-refractivity contribution >= 4 is 11.4 Å². The summed E-state index contributed by atoms with van der Waals surface area (Å²) in [4.78, 5) is 4.47. The lowest BCUT2D eigenvalue weighted by molar-refractivity contribution is 1.39. The minimum absolute atomic E-state index is 0.905. The molecule has 1 heteroatoms. The van der Waals surface area contributed by atoms with E-state index in [1.165, 1.54) is 0 Å². The first-order valence-electron chi connectivity index (χ1n) is 4.32. The van der Waals surface area contributed by atoms with Gasteiger partial charge in [-0.3, -0.25) is 4.99 Å². The van der Waals surface area contributed by atoms with E-state index in [4.69, 9.17) is 0 Å². The number of hydrogen-bond acceptors (Lipinski definition) is 1. The Bertz CT molecular complexity index is 358. The molecule has 0 saturated heterocycles. The Morgan fingerprint density at radius 3 is 2.69 bits per heavy atom. The van der Waals surface area contributed by atoms with Crippen LogP contribution in [-0.4, -0.2) is 5.71 Å². The molecule has 0 amide bonds. The second kappa shape index (κ2) is 3.85. The van der Waals surface area contributed by atoms with Crippen molar-refractivity contribution in [2.45, 2.75) is 6.42 Å². The first kappa shape index (κ1) is 7.99. The van der Waals surface area contributed by atoms with Gasteiger partial charge in [0.25, 0.3) is 0 Å². The molecule has 0 heterocycles. The van der Waals surface area contributed by atoms with Crippen molar-refractivity contribution in [3.05, 3.63) is 54.6 Å². The Hall–Kier alpha value is -1.63. The molecule has 63 valence electrons. The molecular formula is C12H10N. The van der Waals surface area contributed by atoms with Gasteiger partial charge in [0.2, 0.25) is 0 Å². The molecule has 0 N–H and O–H groups in total. The van der Waals surface area contributed by atoms with Gasteiger partial charge in [-0.25, -0.2) is 0 Å². The van der Waals surface area contributed by atoms with E-state index >= 15 is 0 Å². The van der Waals surface area contributed by atoms with Crippen LogP contribution in [0.4, 0.5) is 5.69 Å². The van der Waals surface area contributed by atoms with Crippen LogP contribution in [0, 0.1) is 6.08 Å². The molecule has 1 nitrogen and oxygen atoms in total. The lowest BCUT2D eigenvalue weighted by atomic mass is 10.1. The van der Waals surface area contributed by atoms with Crippen molar-refractivity contribution in [3.8, 4) is 0 Å². The molecule has 0 fully saturated rings. The third-order valence-electron chi connectivity index (χ3n) is 1.82. The van der Waals surface area contributed by atoms with Gasteiger partial charge in [-0.05, 0) is 24.3 Å². The molecular weight excluding hydrogens is 158 g/mol. The average Bonchev–Trinajstić information content (AvgIpc) is 2.21. The molecule has 0 saturated carbocycles. The standard InChI is InChI=1S/C12H10N/c1-3-7-11(8-4-1)13-12-9-5-2-6-10-12/h1-5,7-8,10H,9H2. The number of nitrogens with zero attached hydrogens (tertiary/aromatic N) is 1. The summed E-state index contributed by atoms with van der Waals surface area (Å²) in [5, 5.41) is 0. The predicted molar refractivity (Wildman–Crippen MR) is 55.1 cm³/mol. The molecule has 1 aliphatic carbocycles. The van der Waals surface area contributed by atoms with E-state index in [0.717, 1.165) is 17.8 Å². The summed E-state index contributed by atoms with van der Waals surface area (Å²) >= 11 is 0. The summed E-state index contributed by atoms with van der Waals surface area (Å²) in [5.74, 6) is 0. The maximum atomic E-state index is 4.47. The van der Waals surface area contributed by atoms with Gasteiger partial charge in [0.15, 0.2) is 0 Å². The summed E-state index contributed by atoms with van der Waals surface area (Å²) in [7, 11) is 0. The number of hydrogen-bond donors (Lipinski definition) is 0. The lowest BCUT2D eigenvalue weighted by Crippen LogP contribution is -1.93. The molecule has 0 unspecified atom stereocenters. The highest BCUT2D eigenvalue weighted by Gasteiger charge is 1.95. The zero-order valence-electron chi connectivity index (χ0n) is 7.27. The zero-order chi connectivity index (χ0) is 8.93. The summed E-state index contributed by atoms with van der Waals surface area (Å²) in [6, 6.07) is 9.97. The highest BCUT2D eigenvalue weighted by molar-refractivity contribution is 5.98. The molecule has 0 bridgehead atoms. The predicted octanol–water partition coefficient (Wildman–Crippen LogP) is 3.08. The van der Waals surface area contributed by atoms with Crippen molar-refractivity contribution in [2.24, 2.45) is 4.99 Å². The Balaban J connectivity index is 2.21. The molecule has 0 aromatic heterocycles. The molecule has 1 aromatic carbocycles. The van der Waals surface area contributed by atoms with E-state index in [1.54, 1.807) is 0 Å². The summed E-state index contributed by atoms with van der Waals surface area (Å²) in [6.45, 7) is 0. The highest BCUT2D eigenvalue weighted by Crippen LogP contribution is 2.12. The first-order chi connectivity index (χ1) is 6.45. The van der Waals surface area contributed by atoms with Crippen LogP contribution in [0.1, 0.15) is 6.42 Å². The molecule has 1 aromatic rings. The fraction of sp³-hybridized carbons (Fsp3) is 0.0833. The number of allylic oxidation sites excluding steroid dienone is 4. The zero-order valence-corrected chi connectivity index (χ0v) is 7.27. The monoisotopic (exact) mass is 168 g/mol. The fourth-order valence-electron chi connectivity index (χ4n) is 1.20. The topological polar surface area (TPSA) is 12.4 Å². The van der Waals surface area contributed by atoms with Crippen molar-refractivity contribution in [3.63, 3.8) is 0 Å². The van der Waals surface area contributed by atoms with Gasteiger partial charge in [-0.1, -0.05) is 30.4 Å². The van der Waals surface area contributed by atoms with Crippen LogP contribution in [-0.2, 0) is 0 Å². The van der Waals surface area contributed by atoms with Crippen LogP contribution in [0.2, 0.25) is 0 Å². The Kier molecular flexibility index (Phi) is 2.37. The molecule has 0 atom stereocenters. The summed E-state index contributed by atoms with van der Waals surface area (Å²) in [5.41, 5.74) is 2.07. The van der Waals surface area contributed by atoms with Gasteiger partial charge in [0.05, 0.1) is 5.69 Å². The number of para-hydroxylation sites is 1. The molecule has 0 aliphatic heterocycles. The number of benzene rings is 1. The molecule has 2 rings (SSSR count). The van der Waals surface area contributed by atoms with Gasteiger partial charge in [0.1, 0.15) is 0 Å². The Morgan fingerprint density at radius 1 is 1.15 bits per heavy atom. The average molecular weight is 168 g/mol. The van der Waals surface area contributed by atoms with Gasteiger partial charge in [0, 0.05) is 12.1 Å². The quantitative estimate of drug-likeness (QED) is 0.611. The highest BCUT2D eigenvalue weighted by atomic mass is 14.7. The minimum atomic E-state index is 0.905. The third kappa shape index (κ3) is 2.15. The van der Waals surface area contributed by atoms with E-state index in [0.29, 0.717) is 0 Å². The Morgan fingerprint density at radius 2 is 2.00 bits per heavy atom. The second-order valence-corrected chi connectivity index (χ2v) is 2.86. The molecule has 1 radical (unpaired) electrons. The van der Waals surface area contributed by atoms with E-state index < -0.39 is 0 Å². The number of aliphatic imine (C=N–C) groups is 1. The van der Waals surface area contributed by atoms with Crippen molar-refractivity contribution in [1.82, 2.24) is 0 Å². The third-order valence-corrected chi connectivity index (χ3v) is 1.82. The first-order valence-corrected chi connectivity index (χ1v) is 4.32. The van der Waals surface area contributed by atoms with Gasteiger partial charge in [-0.2, -0.15) is 0 Å². The van der Waals surface area contributed by atoms with Crippen molar-refractivity contribution in [2.75, 3.05) is 0 Å². The van der Waals surface area contributed by atoms with Crippen molar-refractivity contribution in [1.29, 1.82) is 0 Å². The van der Waals surface area contributed by atoms with E-state index in [1.807, 2.05) is 42.5 Å². The largest absolute Gasteiger partial charge is 0.253 e. The lowest BCUT2D eigenvalue weighted by Gasteiger charge is -2.00. The van der Waals surface area contributed by atoms with E-state index in [2.05, 4.69) is 17.1 Å². The fourth-order valence-corrected chi connectivity index (χ4v) is 1.20. The summed E-state index contributed by atoms with van der Waals surface area (Å²) in [6.07, 6.45) is 9.82. The van der Waals surface area contributed by atoms with Gasteiger partial charge >= 0.3 is 0 Å². The van der Waals surface area contributed by atoms with Crippen LogP contribution in [0.15, 0.2) is 53.6 Å². The SMILES string of the molecule is [C]1=CC(=Nc2ccccc2)CC=C1. The van der Waals surface area contributed by atoms with Crippen LogP contribution in [0.25, 0.3) is 0 Å². The Labute approximate surface area is 78.1 Å². The smallest absolute Gasteiger partial charge is 0.0633 e. The van der Waals surface area contributed by atoms with Crippen LogP contribution < -0.4 is 0 Å². The molecule has 13 heavy (non-hydrogen) atoms. The van der Waals surface area contributed by atoms with Crippen molar-refractivity contribution < 1.29 is 0 Å². The van der Waals surface area contributed by atoms with Crippen LogP contribution in [0.3, 0.4) is 0 Å². The second-order valence-electron chi connectivity index (χ2n) is 2.86. The van der Waals surface area contributed by atoms with Crippen LogP contribution >= 0.6 is 0 Å². The maximum Gasteiger partial charge on any atom is 0.0633 e. The van der Waals surface area contributed by atoms with Gasteiger partial charge < -0.3 is 0 Å². The summed E-state index contributed by atoms with van der Waals surface area (Å²) < 4.78 is 0. The van der Waals surface area contributed by atoms with Gasteiger partial charge in [-0.15, -0.1) is 0 Å². The minimum Gasteiger partial charge on any atom is -0.253 e. The maximum absolute atomic E-state index is 4.47. The molecule has 1 aliphatic rings. The van der Waals surface area contributed by atoms with Crippen LogP contribution in [0.5, 0.6) is 0 Å². The number of rotatable bonds is 1. The normalized spacial score (nSPS) is 18.0. The van der Waals surface area contributed by atoms with E-state index in [9.17, 15) is 0 Å².